The number of nitrogens with one attached hydrogen (secondary N) is 1. The van der Waals surface area contributed by atoms with Crippen molar-refractivity contribution in [1.29, 1.82) is 0 Å². The number of carbonyl (C=O) groups is 1. The molecule has 1 rings (SSSR count). The van der Waals surface area contributed by atoms with E-state index in [-0.39, 0.29) is 11.4 Å². The first-order valence-electron chi connectivity index (χ1n) is 4.47. The van der Waals surface area contributed by atoms with E-state index in [2.05, 4.69) is 12.2 Å². The van der Waals surface area contributed by atoms with Gasteiger partial charge in [0.15, 0.2) is 0 Å². The molecule has 0 aliphatic heterocycles. The van der Waals surface area contributed by atoms with Crippen LogP contribution in [0.15, 0.2) is 0 Å². The summed E-state index contributed by atoms with van der Waals surface area (Å²) in [7, 11) is 0. The molecule has 1 fully saturated rings. The molecule has 0 aromatic carbocycles. The third-order valence-electron chi connectivity index (χ3n) is 1.97. The lowest BCUT2D eigenvalue weighted by Crippen LogP contribution is -2.34. The largest absolute Gasteiger partial charge is 0.351 e. The van der Waals surface area contributed by atoms with Gasteiger partial charge in [-0.15, -0.1) is 0 Å². The highest BCUT2D eigenvalue weighted by Crippen LogP contribution is 2.37. The minimum absolute atomic E-state index is 0.106. The highest BCUT2D eigenvalue weighted by atomic mass is 16.1. The molecule has 2 nitrogen and oxygen atoms in total. The Kier molecular flexibility index (Phi) is 4.16. The van der Waals surface area contributed by atoms with E-state index in [9.17, 15) is 4.79 Å². The minimum Gasteiger partial charge on any atom is -0.351 e. The van der Waals surface area contributed by atoms with Crippen LogP contribution in [-0.2, 0) is 4.79 Å². The maximum Gasteiger partial charge on any atom is 0.217 e. The van der Waals surface area contributed by atoms with Gasteiger partial charge in [0.25, 0.3) is 0 Å². The number of amides is 1. The molecular formula is C9H19NO. The molecule has 0 bridgehead atoms. The fourth-order valence-electron chi connectivity index (χ4n) is 1.09. The summed E-state index contributed by atoms with van der Waals surface area (Å²) in [6.07, 6.45) is 3.42. The second kappa shape index (κ2) is 4.37. The van der Waals surface area contributed by atoms with Gasteiger partial charge in [-0.25, -0.2) is 0 Å². The second-order valence-corrected chi connectivity index (χ2v) is 2.82. The molecule has 0 unspecified atom stereocenters. The maximum atomic E-state index is 10.5. The van der Waals surface area contributed by atoms with E-state index in [0.29, 0.717) is 0 Å². The third kappa shape index (κ3) is 3.40. The van der Waals surface area contributed by atoms with Gasteiger partial charge in [0, 0.05) is 12.5 Å². The Labute approximate surface area is 69.4 Å². The number of hydrogen-bond acceptors (Lipinski definition) is 1. The van der Waals surface area contributed by atoms with Crippen molar-refractivity contribution in [3.8, 4) is 0 Å². The Hall–Kier alpha value is -0.530. The molecule has 0 saturated heterocycles. The summed E-state index contributed by atoms with van der Waals surface area (Å²) in [6.45, 7) is 7.69. The smallest absolute Gasteiger partial charge is 0.217 e. The van der Waals surface area contributed by atoms with Crippen LogP contribution in [0, 0.1) is 0 Å². The number of carbonyl (C=O) groups excluding carboxylic acids is 1. The van der Waals surface area contributed by atoms with Crippen LogP contribution in [0.2, 0.25) is 0 Å². The van der Waals surface area contributed by atoms with Gasteiger partial charge in [-0.3, -0.25) is 4.79 Å². The van der Waals surface area contributed by atoms with Crippen molar-refractivity contribution in [3.63, 3.8) is 0 Å². The summed E-state index contributed by atoms with van der Waals surface area (Å²) < 4.78 is 0. The zero-order valence-corrected chi connectivity index (χ0v) is 8.03. The summed E-state index contributed by atoms with van der Waals surface area (Å²) >= 11 is 0. The zero-order valence-electron chi connectivity index (χ0n) is 8.03. The van der Waals surface area contributed by atoms with Gasteiger partial charge in [0.05, 0.1) is 0 Å². The van der Waals surface area contributed by atoms with E-state index >= 15 is 0 Å². The monoisotopic (exact) mass is 157 g/mol. The first-order chi connectivity index (χ1) is 5.18. The predicted octanol–water partition coefficient (Wildman–Crippen LogP) is 2.09. The van der Waals surface area contributed by atoms with E-state index in [1.54, 1.807) is 6.92 Å². The van der Waals surface area contributed by atoms with Crippen LogP contribution in [0.5, 0.6) is 0 Å². The van der Waals surface area contributed by atoms with Gasteiger partial charge in [0.1, 0.15) is 0 Å². The van der Waals surface area contributed by atoms with Gasteiger partial charge in [-0.2, -0.15) is 0 Å². The normalized spacial score (nSPS) is 17.8. The van der Waals surface area contributed by atoms with E-state index < -0.39 is 0 Å². The van der Waals surface area contributed by atoms with Crippen LogP contribution in [0.4, 0.5) is 0 Å². The molecule has 1 saturated carbocycles. The molecule has 0 radical (unpaired) electrons. The Balaban J connectivity index is 0.000000461. The lowest BCUT2D eigenvalue weighted by Gasteiger charge is -2.11. The highest BCUT2D eigenvalue weighted by molar-refractivity contribution is 5.74. The summed E-state index contributed by atoms with van der Waals surface area (Å²) in [5.74, 6) is 0.106. The average Bonchev–Trinajstić information content (AvgIpc) is 2.73. The molecule has 1 aliphatic carbocycles. The number of hydrogen-bond donors (Lipinski definition) is 1. The Morgan fingerprint density at radius 2 is 1.91 bits per heavy atom. The molecule has 0 heterocycles. The fourth-order valence-corrected chi connectivity index (χ4v) is 1.09. The molecule has 0 aromatic rings. The molecule has 0 spiro atoms. The number of rotatable bonds is 2. The van der Waals surface area contributed by atoms with Crippen LogP contribution in [0.3, 0.4) is 0 Å². The van der Waals surface area contributed by atoms with Crippen LogP contribution in [0.25, 0.3) is 0 Å². The van der Waals surface area contributed by atoms with E-state index in [1.807, 2.05) is 13.8 Å². The lowest BCUT2D eigenvalue weighted by molar-refractivity contribution is -0.119. The quantitative estimate of drug-likeness (QED) is 0.653. The van der Waals surface area contributed by atoms with Crippen LogP contribution in [0.1, 0.15) is 47.0 Å². The van der Waals surface area contributed by atoms with Crippen molar-refractivity contribution in [3.05, 3.63) is 0 Å². The average molecular weight is 157 g/mol. The topological polar surface area (TPSA) is 29.1 Å². The summed E-state index contributed by atoms with van der Waals surface area (Å²) in [4.78, 5) is 10.5. The molecular weight excluding hydrogens is 138 g/mol. The van der Waals surface area contributed by atoms with Gasteiger partial charge in [0.2, 0.25) is 5.91 Å². The van der Waals surface area contributed by atoms with Crippen LogP contribution in [-0.4, -0.2) is 11.4 Å². The standard InChI is InChI=1S/C7H13NO.C2H6/c1-3-7(4-5-7)8-6(2)9;1-2/h3-5H2,1-2H3,(H,8,9);1-2H3. The third-order valence-corrected chi connectivity index (χ3v) is 1.97. The van der Waals surface area contributed by atoms with Crippen LogP contribution < -0.4 is 5.32 Å². The SMILES string of the molecule is CC.CCC1(NC(C)=O)CC1. The molecule has 1 N–H and O–H groups in total. The van der Waals surface area contributed by atoms with Crippen molar-refractivity contribution < 1.29 is 4.79 Å². The second-order valence-electron chi connectivity index (χ2n) is 2.82. The van der Waals surface area contributed by atoms with Gasteiger partial charge in [-0.05, 0) is 19.3 Å². The van der Waals surface area contributed by atoms with Crippen molar-refractivity contribution in [2.24, 2.45) is 0 Å². The van der Waals surface area contributed by atoms with Crippen LogP contribution >= 0.6 is 0 Å². The van der Waals surface area contributed by atoms with Crippen molar-refractivity contribution in [1.82, 2.24) is 5.32 Å². The van der Waals surface area contributed by atoms with Crippen molar-refractivity contribution >= 4 is 5.91 Å². The van der Waals surface area contributed by atoms with Gasteiger partial charge < -0.3 is 5.32 Å². The lowest BCUT2D eigenvalue weighted by atomic mass is 10.2. The molecule has 1 amide bonds. The van der Waals surface area contributed by atoms with Gasteiger partial charge >= 0.3 is 0 Å². The first kappa shape index (κ1) is 10.5. The van der Waals surface area contributed by atoms with Gasteiger partial charge in [-0.1, -0.05) is 20.8 Å². The molecule has 2 heteroatoms. The summed E-state index contributed by atoms with van der Waals surface area (Å²) in [6, 6.07) is 0. The maximum absolute atomic E-state index is 10.5. The van der Waals surface area contributed by atoms with Crippen molar-refractivity contribution in [2.75, 3.05) is 0 Å². The molecule has 66 valence electrons. The Bertz CT molecular complexity index is 128. The predicted molar refractivity (Wildman–Crippen MR) is 47.4 cm³/mol. The Morgan fingerprint density at radius 1 is 1.45 bits per heavy atom. The molecule has 11 heavy (non-hydrogen) atoms. The van der Waals surface area contributed by atoms with Crippen molar-refractivity contribution in [2.45, 2.75) is 52.5 Å². The summed E-state index contributed by atoms with van der Waals surface area (Å²) in [5.41, 5.74) is 0.214. The molecule has 0 atom stereocenters. The summed E-state index contributed by atoms with van der Waals surface area (Å²) in [5, 5.41) is 2.94. The highest BCUT2D eigenvalue weighted by Gasteiger charge is 2.41. The minimum atomic E-state index is 0.106. The van der Waals surface area contributed by atoms with E-state index in [4.69, 9.17) is 0 Å². The zero-order chi connectivity index (χ0) is 8.91. The first-order valence-corrected chi connectivity index (χ1v) is 4.47. The van der Waals surface area contributed by atoms with E-state index in [1.165, 1.54) is 12.8 Å². The van der Waals surface area contributed by atoms with E-state index in [0.717, 1.165) is 6.42 Å². The fraction of sp³-hybridized carbons (Fsp3) is 0.889. The molecule has 1 aliphatic rings. The Morgan fingerprint density at radius 3 is 2.00 bits per heavy atom. The molecule has 0 aromatic heterocycles.